The Bertz CT molecular complexity index is 606. The van der Waals surface area contributed by atoms with Gasteiger partial charge in [0.25, 0.3) is 0 Å². The number of phenols is 1. The van der Waals surface area contributed by atoms with Crippen LogP contribution in [0.2, 0.25) is 0 Å². The summed E-state index contributed by atoms with van der Waals surface area (Å²) in [5, 5.41) is 10.5. The van der Waals surface area contributed by atoms with Gasteiger partial charge in [-0.25, -0.2) is 4.79 Å². The molecule has 1 aromatic carbocycles. The van der Waals surface area contributed by atoms with Gasteiger partial charge in [-0.2, -0.15) is 4.58 Å². The molecule has 0 bridgehead atoms. The van der Waals surface area contributed by atoms with E-state index in [0.29, 0.717) is 6.61 Å². The molecule has 0 radical (unpaired) electrons. The summed E-state index contributed by atoms with van der Waals surface area (Å²) in [6, 6.07) is 3.53. The zero-order chi connectivity index (χ0) is 15.1. The number of hydrogen-bond donors (Lipinski definition) is 1. The number of carbonyl (C=O) groups is 1. The van der Waals surface area contributed by atoms with Crippen LogP contribution in [0.25, 0.3) is 0 Å². The molecule has 5 heteroatoms. The lowest BCUT2D eigenvalue weighted by Crippen LogP contribution is -3.00. The zero-order valence-corrected chi connectivity index (χ0v) is 15.3. The van der Waals surface area contributed by atoms with Gasteiger partial charge in [0, 0.05) is 13.0 Å². The Morgan fingerprint density at radius 2 is 1.95 bits per heavy atom. The molecule has 0 aromatic heterocycles. The minimum Gasteiger partial charge on any atom is -1.00 e. The average Bonchev–Trinajstić information content (AvgIpc) is 2.58. The van der Waals surface area contributed by atoms with Crippen molar-refractivity contribution in [3.8, 4) is 5.75 Å². The normalized spacial score (nSPS) is 15.5. The first kappa shape index (κ1) is 17.9. The molecule has 0 amide bonds. The maximum absolute atomic E-state index is 11.9. The smallest absolute Gasteiger partial charge is 0.341 e. The van der Waals surface area contributed by atoms with Crippen LogP contribution in [0.4, 0.5) is 5.69 Å². The molecule has 1 N–H and O–H groups in total. The molecule has 0 spiro atoms. The highest BCUT2D eigenvalue weighted by molar-refractivity contribution is 5.99. The summed E-state index contributed by atoms with van der Waals surface area (Å²) in [6.45, 7) is 11.1. The van der Waals surface area contributed by atoms with Crippen LogP contribution >= 0.6 is 0 Å². The summed E-state index contributed by atoms with van der Waals surface area (Å²) in [5.41, 5.74) is 2.90. The lowest BCUT2D eigenvalue weighted by molar-refractivity contribution is -0.434. The van der Waals surface area contributed by atoms with Crippen LogP contribution in [0.15, 0.2) is 12.1 Å². The minimum atomic E-state index is -0.476. The van der Waals surface area contributed by atoms with Crippen molar-refractivity contribution in [2.75, 3.05) is 13.2 Å². The molecule has 0 saturated carbocycles. The third-order valence-corrected chi connectivity index (χ3v) is 4.19. The quantitative estimate of drug-likeness (QED) is 0.439. The molecule has 0 saturated heterocycles. The van der Waals surface area contributed by atoms with Crippen molar-refractivity contribution in [2.24, 2.45) is 0 Å². The van der Waals surface area contributed by atoms with Crippen LogP contribution in [-0.2, 0) is 10.2 Å². The highest BCUT2D eigenvalue weighted by atomic mass is 127. The molecule has 2 rings (SSSR count). The number of aromatic hydroxyl groups is 1. The van der Waals surface area contributed by atoms with Crippen LogP contribution in [0, 0.1) is 0 Å². The molecule has 4 nitrogen and oxygen atoms in total. The fourth-order valence-electron chi connectivity index (χ4n) is 2.90. The molecule has 0 aliphatic carbocycles. The zero-order valence-electron chi connectivity index (χ0n) is 13.2. The lowest BCUT2D eigenvalue weighted by Gasteiger charge is -2.17. The van der Waals surface area contributed by atoms with E-state index in [9.17, 15) is 9.90 Å². The lowest BCUT2D eigenvalue weighted by atomic mass is 9.81. The van der Waals surface area contributed by atoms with Crippen molar-refractivity contribution < 1.29 is 43.2 Å². The van der Waals surface area contributed by atoms with E-state index in [4.69, 9.17) is 4.74 Å². The number of carbonyl (C=O) groups excluding carboxylic acids is 1. The molecule has 1 aliphatic rings. The monoisotopic (exact) mass is 403 g/mol. The van der Waals surface area contributed by atoms with Crippen LogP contribution in [-0.4, -0.2) is 34.5 Å². The first-order valence-electron chi connectivity index (χ1n) is 7.01. The number of nitrogens with zero attached hydrogens (tertiary/aromatic N) is 1. The number of hydrogen-bond acceptors (Lipinski definition) is 3. The summed E-state index contributed by atoms with van der Waals surface area (Å²) in [6.07, 6.45) is 0. The highest BCUT2D eigenvalue weighted by Crippen LogP contribution is 2.45. The van der Waals surface area contributed by atoms with E-state index in [-0.39, 0.29) is 40.7 Å². The maximum atomic E-state index is 11.9. The number of fused-ring (bicyclic) bond motifs is 1. The summed E-state index contributed by atoms with van der Waals surface area (Å²) in [4.78, 5) is 11.9. The molecule has 116 valence electrons. The highest BCUT2D eigenvalue weighted by Gasteiger charge is 2.45. The van der Waals surface area contributed by atoms with Crippen molar-refractivity contribution >= 4 is 17.4 Å². The van der Waals surface area contributed by atoms with Gasteiger partial charge in [-0.3, -0.25) is 0 Å². The predicted molar refractivity (Wildman–Crippen MR) is 78.2 cm³/mol. The largest absolute Gasteiger partial charge is 1.00 e. The Balaban J connectivity index is 0.00000220. The number of rotatable bonds is 3. The van der Waals surface area contributed by atoms with Crippen LogP contribution in [0.1, 0.15) is 50.5 Å². The Hall–Kier alpha value is -1.11. The molecule has 1 aliphatic heterocycles. The second-order valence-corrected chi connectivity index (χ2v) is 5.53. The second-order valence-electron chi connectivity index (χ2n) is 5.53. The summed E-state index contributed by atoms with van der Waals surface area (Å²) < 4.78 is 7.17. The molecule has 0 atom stereocenters. The van der Waals surface area contributed by atoms with E-state index >= 15 is 0 Å². The topological polar surface area (TPSA) is 49.5 Å². The fraction of sp³-hybridized carbons (Fsp3) is 0.500. The van der Waals surface area contributed by atoms with Gasteiger partial charge < -0.3 is 33.8 Å². The second kappa shape index (κ2) is 6.34. The van der Waals surface area contributed by atoms with E-state index in [1.54, 1.807) is 13.0 Å². The molecular formula is C16H22INO3. The van der Waals surface area contributed by atoms with Gasteiger partial charge >= 0.3 is 5.97 Å². The molecule has 0 unspecified atom stereocenters. The fourth-order valence-corrected chi connectivity index (χ4v) is 2.90. The van der Waals surface area contributed by atoms with Gasteiger partial charge in [0.05, 0.1) is 17.6 Å². The Morgan fingerprint density at radius 1 is 1.33 bits per heavy atom. The van der Waals surface area contributed by atoms with E-state index in [2.05, 4.69) is 32.3 Å². The van der Waals surface area contributed by atoms with Crippen molar-refractivity contribution in [2.45, 2.75) is 40.0 Å². The molecule has 1 heterocycles. The van der Waals surface area contributed by atoms with Gasteiger partial charge in [-0.1, -0.05) is 0 Å². The molecular weight excluding hydrogens is 381 g/mol. The average molecular weight is 403 g/mol. The number of esters is 1. The third kappa shape index (κ3) is 2.67. The van der Waals surface area contributed by atoms with Gasteiger partial charge in [-0.15, -0.1) is 0 Å². The molecule has 1 aromatic rings. The number of ether oxygens (including phenoxy) is 1. The summed E-state index contributed by atoms with van der Waals surface area (Å²) in [5.74, 6) is -0.433. The van der Waals surface area contributed by atoms with Crippen LogP contribution in [0.5, 0.6) is 5.75 Å². The van der Waals surface area contributed by atoms with E-state index in [1.807, 2.05) is 6.07 Å². The van der Waals surface area contributed by atoms with E-state index in [1.165, 1.54) is 5.71 Å². The standard InChI is InChI=1S/C16H21NO3.HI/c1-6-17-10(3)16(4,5)13-12(17)9-8-11(14(13)18)15(19)20-7-2;/h8-9H,6-7H2,1-5H3;1H. The predicted octanol–water partition coefficient (Wildman–Crippen LogP) is -0.0111. The summed E-state index contributed by atoms with van der Waals surface area (Å²) in [7, 11) is 0. The Kier molecular flexibility index (Phi) is 5.41. The Labute approximate surface area is 142 Å². The Morgan fingerprint density at radius 3 is 2.48 bits per heavy atom. The van der Waals surface area contributed by atoms with Crippen molar-refractivity contribution in [1.82, 2.24) is 0 Å². The van der Waals surface area contributed by atoms with Crippen molar-refractivity contribution in [1.29, 1.82) is 0 Å². The van der Waals surface area contributed by atoms with Gasteiger partial charge in [0.2, 0.25) is 5.69 Å². The van der Waals surface area contributed by atoms with E-state index < -0.39 is 5.97 Å². The van der Waals surface area contributed by atoms with Crippen molar-refractivity contribution in [3.63, 3.8) is 0 Å². The number of phenolic OH excluding ortho intramolecular Hbond substituents is 1. The van der Waals surface area contributed by atoms with E-state index in [0.717, 1.165) is 17.8 Å². The SMILES string of the molecule is CCOC(=O)c1ccc2c(c1O)C(C)(C)C(C)=[N+]2CC.[I-]. The first-order chi connectivity index (χ1) is 9.36. The molecule has 0 fully saturated rings. The first-order valence-corrected chi connectivity index (χ1v) is 7.01. The minimum absolute atomic E-state index is 0. The third-order valence-electron chi connectivity index (χ3n) is 4.19. The van der Waals surface area contributed by atoms with Gasteiger partial charge in [0.15, 0.2) is 5.71 Å². The van der Waals surface area contributed by atoms with Gasteiger partial charge in [-0.05, 0) is 33.8 Å². The maximum Gasteiger partial charge on any atom is 0.341 e. The number of halogens is 1. The molecule has 21 heavy (non-hydrogen) atoms. The van der Waals surface area contributed by atoms with Crippen LogP contribution in [0.3, 0.4) is 0 Å². The van der Waals surface area contributed by atoms with Crippen molar-refractivity contribution in [3.05, 3.63) is 23.3 Å². The number of benzene rings is 1. The van der Waals surface area contributed by atoms with Crippen LogP contribution < -0.4 is 24.0 Å². The summed E-state index contributed by atoms with van der Waals surface area (Å²) >= 11 is 0. The van der Waals surface area contributed by atoms with Gasteiger partial charge in [0.1, 0.15) is 17.9 Å².